The molecule has 138 valence electrons. The van der Waals surface area contributed by atoms with Gasteiger partial charge in [0, 0.05) is 36.2 Å². The molecule has 0 spiro atoms. The molecule has 1 N–H and O–H groups in total. The van der Waals surface area contributed by atoms with Crippen molar-refractivity contribution < 1.29 is 18.0 Å². The zero-order chi connectivity index (χ0) is 18.7. The second kappa shape index (κ2) is 7.87. The Kier molecular flexibility index (Phi) is 5.76. The highest BCUT2D eigenvalue weighted by atomic mass is 32.2. The Morgan fingerprint density at radius 3 is 2.65 bits per heavy atom. The number of carbonyl (C=O) groups is 2. The molecular weight excluding hydrogens is 394 g/mol. The predicted molar refractivity (Wildman–Crippen MR) is 103 cm³/mol. The molecule has 26 heavy (non-hydrogen) atoms. The number of aromatic nitrogens is 1. The SMILES string of the molecule is CC(=O)SC1CN(c2nc(CNS(=O)(=O)C(=O)c3ccccc3)cs2)C1. The summed E-state index contributed by atoms with van der Waals surface area (Å²) in [7, 11) is -4.12. The molecule has 0 bridgehead atoms. The Morgan fingerprint density at radius 1 is 1.31 bits per heavy atom. The summed E-state index contributed by atoms with van der Waals surface area (Å²) in [4.78, 5) is 29.6. The molecule has 1 saturated heterocycles. The minimum absolute atomic E-state index is 0.0448. The molecule has 2 heterocycles. The number of rotatable bonds is 6. The smallest absolute Gasteiger partial charge is 0.291 e. The lowest BCUT2D eigenvalue weighted by molar-refractivity contribution is -0.109. The van der Waals surface area contributed by atoms with E-state index in [4.69, 9.17) is 0 Å². The predicted octanol–water partition coefficient (Wildman–Crippen LogP) is 1.87. The van der Waals surface area contributed by atoms with Gasteiger partial charge in [-0.15, -0.1) is 11.3 Å². The van der Waals surface area contributed by atoms with Crippen molar-refractivity contribution in [1.29, 1.82) is 0 Å². The van der Waals surface area contributed by atoms with Gasteiger partial charge in [0.1, 0.15) is 0 Å². The van der Waals surface area contributed by atoms with E-state index in [2.05, 4.69) is 9.71 Å². The highest BCUT2D eigenvalue weighted by molar-refractivity contribution is 8.14. The first-order valence-electron chi connectivity index (χ1n) is 7.81. The first-order valence-corrected chi connectivity index (χ1v) is 11.0. The van der Waals surface area contributed by atoms with E-state index in [0.29, 0.717) is 5.69 Å². The molecule has 1 aromatic carbocycles. The number of nitrogens with one attached hydrogen (secondary N) is 1. The normalized spacial score (nSPS) is 14.9. The fraction of sp³-hybridized carbons (Fsp3) is 0.312. The highest BCUT2D eigenvalue weighted by Crippen LogP contribution is 2.30. The number of carbonyl (C=O) groups excluding carboxylic acids is 2. The fourth-order valence-corrected chi connectivity index (χ4v) is 5.13. The van der Waals surface area contributed by atoms with Crippen LogP contribution in [-0.4, -0.2) is 42.0 Å². The number of hydrogen-bond acceptors (Lipinski definition) is 8. The Hall–Kier alpha value is -1.75. The second-order valence-corrected chi connectivity index (χ2v) is 9.72. The van der Waals surface area contributed by atoms with Gasteiger partial charge in [0.05, 0.1) is 12.2 Å². The van der Waals surface area contributed by atoms with E-state index in [0.717, 1.165) is 18.2 Å². The van der Waals surface area contributed by atoms with Crippen LogP contribution in [-0.2, 0) is 21.4 Å². The second-order valence-electron chi connectivity index (χ2n) is 5.74. The maximum absolute atomic E-state index is 12.1. The van der Waals surface area contributed by atoms with E-state index in [1.807, 2.05) is 4.90 Å². The van der Waals surface area contributed by atoms with Gasteiger partial charge in [-0.1, -0.05) is 42.1 Å². The molecule has 1 aliphatic rings. The van der Waals surface area contributed by atoms with Crippen LogP contribution in [0.25, 0.3) is 0 Å². The Bertz CT molecular complexity index is 906. The average molecular weight is 412 g/mol. The van der Waals surface area contributed by atoms with Crippen LogP contribution in [0.5, 0.6) is 0 Å². The quantitative estimate of drug-likeness (QED) is 0.775. The summed E-state index contributed by atoms with van der Waals surface area (Å²) in [6.07, 6.45) is 0. The van der Waals surface area contributed by atoms with Gasteiger partial charge in [-0.25, -0.2) is 18.1 Å². The van der Waals surface area contributed by atoms with Crippen molar-refractivity contribution in [1.82, 2.24) is 9.71 Å². The summed E-state index contributed by atoms with van der Waals surface area (Å²) >= 11 is 2.74. The first-order chi connectivity index (χ1) is 12.3. The molecule has 0 saturated carbocycles. The van der Waals surface area contributed by atoms with Gasteiger partial charge in [0.15, 0.2) is 10.2 Å². The largest absolute Gasteiger partial charge is 0.346 e. The number of hydrogen-bond donors (Lipinski definition) is 1. The molecule has 1 fully saturated rings. The molecule has 3 rings (SSSR count). The molecule has 0 aliphatic carbocycles. The van der Waals surface area contributed by atoms with E-state index in [9.17, 15) is 18.0 Å². The fourth-order valence-electron chi connectivity index (χ4n) is 2.39. The lowest BCUT2D eigenvalue weighted by atomic mass is 10.2. The molecule has 0 atom stereocenters. The van der Waals surface area contributed by atoms with Gasteiger partial charge < -0.3 is 4.90 Å². The molecule has 10 heteroatoms. The van der Waals surface area contributed by atoms with Crippen LogP contribution in [0.4, 0.5) is 5.13 Å². The number of sulfonamides is 1. The average Bonchev–Trinajstić information content (AvgIpc) is 3.04. The molecule has 1 aromatic heterocycles. The topological polar surface area (TPSA) is 96.4 Å². The lowest BCUT2D eigenvalue weighted by Gasteiger charge is -2.37. The van der Waals surface area contributed by atoms with E-state index < -0.39 is 15.1 Å². The summed E-state index contributed by atoms with van der Waals surface area (Å²) in [6.45, 7) is 3.00. The molecular formula is C16H17N3O4S3. The van der Waals surface area contributed by atoms with Gasteiger partial charge in [0.25, 0.3) is 15.1 Å². The van der Waals surface area contributed by atoms with E-state index in [-0.39, 0.29) is 22.5 Å². The number of anilines is 1. The van der Waals surface area contributed by atoms with Gasteiger partial charge >= 0.3 is 0 Å². The van der Waals surface area contributed by atoms with Gasteiger partial charge in [0.2, 0.25) is 0 Å². The van der Waals surface area contributed by atoms with Crippen molar-refractivity contribution in [2.45, 2.75) is 18.7 Å². The number of benzene rings is 1. The van der Waals surface area contributed by atoms with E-state index >= 15 is 0 Å². The van der Waals surface area contributed by atoms with Crippen LogP contribution in [0.3, 0.4) is 0 Å². The maximum Gasteiger partial charge on any atom is 0.291 e. The van der Waals surface area contributed by atoms with Crippen molar-refractivity contribution in [2.24, 2.45) is 0 Å². The third-order valence-electron chi connectivity index (χ3n) is 3.69. The van der Waals surface area contributed by atoms with Crippen molar-refractivity contribution in [3.8, 4) is 0 Å². The number of thiazole rings is 1. The van der Waals surface area contributed by atoms with Crippen LogP contribution in [0.1, 0.15) is 23.0 Å². The molecule has 2 aromatic rings. The third-order valence-corrected chi connectivity index (χ3v) is 6.85. The van der Waals surface area contributed by atoms with Crippen LogP contribution in [0, 0.1) is 0 Å². The number of thioether (sulfide) groups is 1. The molecule has 0 unspecified atom stereocenters. The molecule has 1 aliphatic heterocycles. The summed E-state index contributed by atoms with van der Waals surface area (Å²) in [5, 5.41) is 1.97. The van der Waals surface area contributed by atoms with Gasteiger partial charge in [-0.3, -0.25) is 9.59 Å². The van der Waals surface area contributed by atoms with Gasteiger partial charge in [-0.05, 0) is 0 Å². The number of nitrogens with zero attached hydrogens (tertiary/aromatic N) is 2. The van der Waals surface area contributed by atoms with Crippen LogP contribution in [0.2, 0.25) is 0 Å². The summed E-state index contributed by atoms with van der Waals surface area (Å²) in [5.74, 6) is 0. The zero-order valence-corrected chi connectivity index (χ0v) is 16.4. The Balaban J connectivity index is 1.55. The first kappa shape index (κ1) is 19.0. The Labute approximate surface area is 159 Å². The highest BCUT2D eigenvalue weighted by Gasteiger charge is 2.30. The molecule has 0 amide bonds. The summed E-state index contributed by atoms with van der Waals surface area (Å²) in [6, 6.07) is 7.85. The lowest BCUT2D eigenvalue weighted by Crippen LogP contribution is -2.49. The summed E-state index contributed by atoms with van der Waals surface area (Å²) < 4.78 is 26.6. The van der Waals surface area contributed by atoms with Crippen molar-refractivity contribution in [3.63, 3.8) is 0 Å². The summed E-state index contributed by atoms with van der Waals surface area (Å²) in [5.41, 5.74) is 0.672. The van der Waals surface area contributed by atoms with Crippen LogP contribution < -0.4 is 9.62 Å². The molecule has 7 nitrogen and oxygen atoms in total. The van der Waals surface area contributed by atoms with Crippen LogP contribution in [0.15, 0.2) is 35.7 Å². The minimum atomic E-state index is -4.12. The third kappa shape index (κ3) is 4.50. The van der Waals surface area contributed by atoms with E-state index in [1.54, 1.807) is 30.5 Å². The zero-order valence-electron chi connectivity index (χ0n) is 13.9. The van der Waals surface area contributed by atoms with Crippen molar-refractivity contribution >= 4 is 48.5 Å². The molecule has 0 radical (unpaired) electrons. The van der Waals surface area contributed by atoms with Gasteiger partial charge in [-0.2, -0.15) is 0 Å². The van der Waals surface area contributed by atoms with E-state index in [1.165, 1.54) is 35.2 Å². The van der Waals surface area contributed by atoms with Crippen LogP contribution >= 0.6 is 23.1 Å². The van der Waals surface area contributed by atoms with Crippen molar-refractivity contribution in [3.05, 3.63) is 47.0 Å². The standard InChI is InChI=1S/C16H17N3O4S3/c1-11(20)25-14-8-19(9-14)16-18-13(10-24-16)7-17-26(22,23)15(21)12-5-3-2-4-6-12/h2-6,10,14,17H,7-9H2,1H3. The van der Waals surface area contributed by atoms with Crippen molar-refractivity contribution in [2.75, 3.05) is 18.0 Å². The minimum Gasteiger partial charge on any atom is -0.346 e. The monoisotopic (exact) mass is 411 g/mol. The maximum atomic E-state index is 12.1. The Morgan fingerprint density at radius 2 is 2.00 bits per heavy atom.